The number of amides is 1. The zero-order valence-electron chi connectivity index (χ0n) is 11.4. The van der Waals surface area contributed by atoms with Crippen LogP contribution in [0, 0.1) is 5.92 Å². The summed E-state index contributed by atoms with van der Waals surface area (Å²) >= 11 is 0. The number of hydrogen-bond donors (Lipinski definition) is 1. The van der Waals surface area contributed by atoms with Crippen molar-refractivity contribution in [2.75, 3.05) is 26.2 Å². The maximum atomic E-state index is 11.6. The van der Waals surface area contributed by atoms with Crippen molar-refractivity contribution >= 4 is 5.91 Å². The zero-order chi connectivity index (χ0) is 12.4. The van der Waals surface area contributed by atoms with Crippen molar-refractivity contribution in [1.29, 1.82) is 0 Å². The summed E-state index contributed by atoms with van der Waals surface area (Å²) in [5.41, 5.74) is 0. The van der Waals surface area contributed by atoms with Crippen LogP contribution in [0.1, 0.15) is 47.0 Å². The van der Waals surface area contributed by atoms with Crippen molar-refractivity contribution in [2.24, 2.45) is 5.92 Å². The van der Waals surface area contributed by atoms with Crippen LogP contribution >= 0.6 is 0 Å². The smallest absolute Gasteiger partial charge is 0.222 e. The molecule has 1 N–H and O–H groups in total. The van der Waals surface area contributed by atoms with Crippen LogP contribution in [0.25, 0.3) is 0 Å². The highest BCUT2D eigenvalue weighted by atomic mass is 16.1. The minimum atomic E-state index is 0.165. The van der Waals surface area contributed by atoms with E-state index < -0.39 is 0 Å². The zero-order valence-corrected chi connectivity index (χ0v) is 11.4. The number of hydrogen-bond acceptors (Lipinski definition) is 2. The molecule has 0 saturated carbocycles. The van der Waals surface area contributed by atoms with Crippen molar-refractivity contribution in [2.45, 2.75) is 47.0 Å². The Morgan fingerprint density at radius 1 is 1.25 bits per heavy atom. The van der Waals surface area contributed by atoms with Gasteiger partial charge in [0.05, 0.1) is 0 Å². The van der Waals surface area contributed by atoms with E-state index in [1.807, 2.05) is 6.92 Å². The molecule has 3 heteroatoms. The van der Waals surface area contributed by atoms with Gasteiger partial charge < -0.3 is 10.2 Å². The molecule has 0 spiro atoms. The molecule has 0 aromatic heterocycles. The molecule has 0 saturated heterocycles. The Hall–Kier alpha value is -0.570. The van der Waals surface area contributed by atoms with E-state index in [0.29, 0.717) is 0 Å². The van der Waals surface area contributed by atoms with Gasteiger partial charge in [0.25, 0.3) is 0 Å². The average Bonchev–Trinajstić information content (AvgIpc) is 2.29. The molecule has 3 nitrogen and oxygen atoms in total. The van der Waals surface area contributed by atoms with E-state index in [0.717, 1.165) is 45.4 Å². The van der Waals surface area contributed by atoms with E-state index in [2.05, 4.69) is 31.0 Å². The molecule has 16 heavy (non-hydrogen) atoms. The van der Waals surface area contributed by atoms with E-state index in [1.165, 1.54) is 0 Å². The van der Waals surface area contributed by atoms with Gasteiger partial charge in [-0.05, 0) is 32.5 Å². The highest BCUT2D eigenvalue weighted by molar-refractivity contribution is 5.78. The minimum Gasteiger partial charge on any atom is -0.356 e. The third kappa shape index (κ3) is 6.83. The monoisotopic (exact) mass is 228 g/mol. The second-order valence-corrected chi connectivity index (χ2v) is 4.36. The van der Waals surface area contributed by atoms with Crippen LogP contribution in [0.2, 0.25) is 0 Å². The van der Waals surface area contributed by atoms with E-state index >= 15 is 0 Å². The van der Waals surface area contributed by atoms with Crippen LogP contribution < -0.4 is 5.32 Å². The first kappa shape index (κ1) is 15.4. The summed E-state index contributed by atoms with van der Waals surface area (Å²) in [7, 11) is 0. The number of carbonyl (C=O) groups excluding carboxylic acids is 1. The van der Waals surface area contributed by atoms with Crippen LogP contribution in [0.15, 0.2) is 0 Å². The molecular weight excluding hydrogens is 200 g/mol. The molecule has 1 unspecified atom stereocenters. The lowest BCUT2D eigenvalue weighted by Gasteiger charge is -2.18. The van der Waals surface area contributed by atoms with Crippen molar-refractivity contribution in [3.63, 3.8) is 0 Å². The van der Waals surface area contributed by atoms with Gasteiger partial charge in [0.15, 0.2) is 0 Å². The highest BCUT2D eigenvalue weighted by Gasteiger charge is 2.10. The predicted octanol–water partition coefficient (Wildman–Crippen LogP) is 2.27. The second-order valence-electron chi connectivity index (χ2n) is 4.36. The summed E-state index contributed by atoms with van der Waals surface area (Å²) in [4.78, 5) is 14.0. The maximum Gasteiger partial charge on any atom is 0.222 e. The summed E-state index contributed by atoms with van der Waals surface area (Å²) in [6.07, 6.45) is 3.11. The molecule has 0 bridgehead atoms. The Labute approximate surface area is 101 Å². The first-order valence-corrected chi connectivity index (χ1v) is 6.65. The molecule has 0 aliphatic heterocycles. The number of nitrogens with one attached hydrogen (secondary N) is 1. The molecule has 96 valence electrons. The first-order chi connectivity index (χ1) is 7.65. The maximum absolute atomic E-state index is 11.6. The first-order valence-electron chi connectivity index (χ1n) is 6.65. The number of rotatable bonds is 9. The summed E-state index contributed by atoms with van der Waals surface area (Å²) in [5.74, 6) is 0.375. The van der Waals surface area contributed by atoms with Gasteiger partial charge in [-0.3, -0.25) is 4.79 Å². The van der Waals surface area contributed by atoms with E-state index in [4.69, 9.17) is 0 Å². The normalized spacial score (nSPS) is 12.8. The van der Waals surface area contributed by atoms with Crippen molar-refractivity contribution in [1.82, 2.24) is 10.2 Å². The molecular formula is C13H28N2O. The molecule has 0 fully saturated rings. The second kappa shape index (κ2) is 9.64. The van der Waals surface area contributed by atoms with Gasteiger partial charge in [-0.1, -0.05) is 34.1 Å². The van der Waals surface area contributed by atoms with Crippen LogP contribution in [0.4, 0.5) is 0 Å². The van der Waals surface area contributed by atoms with Crippen molar-refractivity contribution in [3.8, 4) is 0 Å². The third-order valence-corrected chi connectivity index (χ3v) is 3.01. The SMILES string of the molecule is CCCC(C)C(=O)NCCCN(CC)CC. The fourth-order valence-electron chi connectivity index (χ4n) is 1.79. The largest absolute Gasteiger partial charge is 0.356 e. The minimum absolute atomic E-state index is 0.165. The van der Waals surface area contributed by atoms with E-state index in [9.17, 15) is 4.79 Å². The van der Waals surface area contributed by atoms with Crippen LogP contribution in [-0.4, -0.2) is 37.0 Å². The highest BCUT2D eigenvalue weighted by Crippen LogP contribution is 2.04. The average molecular weight is 228 g/mol. The summed E-state index contributed by atoms with van der Waals surface area (Å²) in [5, 5.41) is 3.01. The van der Waals surface area contributed by atoms with E-state index in [1.54, 1.807) is 0 Å². The Bertz CT molecular complexity index is 179. The lowest BCUT2D eigenvalue weighted by atomic mass is 10.1. The van der Waals surface area contributed by atoms with E-state index in [-0.39, 0.29) is 11.8 Å². The predicted molar refractivity (Wildman–Crippen MR) is 69.5 cm³/mol. The molecule has 0 aromatic rings. The Morgan fingerprint density at radius 3 is 2.38 bits per heavy atom. The lowest BCUT2D eigenvalue weighted by molar-refractivity contribution is -0.124. The van der Waals surface area contributed by atoms with Crippen LogP contribution in [0.5, 0.6) is 0 Å². The Kier molecular flexibility index (Phi) is 9.30. The van der Waals surface area contributed by atoms with Crippen molar-refractivity contribution in [3.05, 3.63) is 0 Å². The molecule has 0 aliphatic carbocycles. The molecule has 0 aliphatic rings. The lowest BCUT2D eigenvalue weighted by Crippen LogP contribution is -2.32. The quantitative estimate of drug-likeness (QED) is 0.614. The molecule has 0 radical (unpaired) electrons. The van der Waals surface area contributed by atoms with Gasteiger partial charge in [0, 0.05) is 12.5 Å². The topological polar surface area (TPSA) is 32.3 Å². The number of nitrogens with zero attached hydrogens (tertiary/aromatic N) is 1. The van der Waals surface area contributed by atoms with Gasteiger partial charge in [-0.15, -0.1) is 0 Å². The standard InChI is InChI=1S/C13H28N2O/c1-5-9-12(4)13(16)14-10-8-11-15(6-2)7-3/h12H,5-11H2,1-4H3,(H,14,16). The van der Waals surface area contributed by atoms with Gasteiger partial charge in [0.1, 0.15) is 0 Å². The fourth-order valence-corrected chi connectivity index (χ4v) is 1.79. The van der Waals surface area contributed by atoms with Gasteiger partial charge in [-0.2, -0.15) is 0 Å². The number of carbonyl (C=O) groups is 1. The van der Waals surface area contributed by atoms with Crippen LogP contribution in [-0.2, 0) is 4.79 Å². The molecule has 0 aromatic carbocycles. The van der Waals surface area contributed by atoms with Gasteiger partial charge in [-0.25, -0.2) is 0 Å². The van der Waals surface area contributed by atoms with Gasteiger partial charge in [0.2, 0.25) is 5.91 Å². The summed E-state index contributed by atoms with van der Waals surface area (Å²) in [6, 6.07) is 0. The molecule has 0 rings (SSSR count). The Balaban J connectivity index is 3.54. The molecule has 1 atom stereocenters. The van der Waals surface area contributed by atoms with Crippen LogP contribution in [0.3, 0.4) is 0 Å². The summed E-state index contributed by atoms with van der Waals surface area (Å²) < 4.78 is 0. The van der Waals surface area contributed by atoms with Crippen molar-refractivity contribution < 1.29 is 4.79 Å². The van der Waals surface area contributed by atoms with Gasteiger partial charge >= 0.3 is 0 Å². The fraction of sp³-hybridized carbons (Fsp3) is 0.923. The third-order valence-electron chi connectivity index (χ3n) is 3.01. The summed E-state index contributed by atoms with van der Waals surface area (Å²) in [6.45, 7) is 12.5. The molecule has 1 amide bonds. The molecule has 0 heterocycles. The Morgan fingerprint density at radius 2 is 1.88 bits per heavy atom.